The zero-order chi connectivity index (χ0) is 6.69. The zero-order valence-electron chi connectivity index (χ0n) is 5.34. The van der Waals surface area contributed by atoms with Crippen molar-refractivity contribution in [3.8, 4) is 12.3 Å². The molecule has 0 radical (unpaired) electrons. The molecule has 0 spiro atoms. The van der Waals surface area contributed by atoms with Crippen LogP contribution in [0.4, 0.5) is 0 Å². The van der Waals surface area contributed by atoms with Crippen LogP contribution in [0.25, 0.3) is 0 Å². The van der Waals surface area contributed by atoms with Crippen LogP contribution in [0.5, 0.6) is 0 Å². The van der Waals surface area contributed by atoms with E-state index in [1.807, 2.05) is 0 Å². The summed E-state index contributed by atoms with van der Waals surface area (Å²) in [6.45, 7) is 1.56. The van der Waals surface area contributed by atoms with Crippen LogP contribution in [0.15, 0.2) is 0 Å². The highest BCUT2D eigenvalue weighted by molar-refractivity contribution is 5.00. The minimum absolute atomic E-state index is 0.104. The Labute approximate surface area is 55.4 Å². The summed E-state index contributed by atoms with van der Waals surface area (Å²) in [6.07, 6.45) is 6.14. The molecule has 9 heavy (non-hydrogen) atoms. The highest BCUT2D eigenvalue weighted by atomic mass is 16.5. The van der Waals surface area contributed by atoms with Crippen LogP contribution in [0.2, 0.25) is 0 Å². The summed E-state index contributed by atoms with van der Waals surface area (Å²) in [5.74, 6) is 2.90. The van der Waals surface area contributed by atoms with E-state index >= 15 is 0 Å². The lowest BCUT2D eigenvalue weighted by molar-refractivity contribution is 0.184. The first-order chi connectivity index (χ1) is 4.34. The van der Waals surface area contributed by atoms with Crippen molar-refractivity contribution < 1.29 is 4.74 Å². The standard InChI is InChI=1S/C7H11NO/c1-2-7(8)6-3-4-9-5-6/h1,6-7H,3-5,8H2/t6-,7+/m1/s1. The monoisotopic (exact) mass is 125 g/mol. The van der Waals surface area contributed by atoms with Crippen molar-refractivity contribution in [2.75, 3.05) is 13.2 Å². The molecule has 1 aliphatic rings. The van der Waals surface area contributed by atoms with Gasteiger partial charge in [0, 0.05) is 12.5 Å². The van der Waals surface area contributed by atoms with E-state index in [2.05, 4.69) is 5.92 Å². The summed E-state index contributed by atoms with van der Waals surface area (Å²) in [5, 5.41) is 0. The van der Waals surface area contributed by atoms with Gasteiger partial charge in [-0.25, -0.2) is 0 Å². The zero-order valence-corrected chi connectivity index (χ0v) is 5.34. The van der Waals surface area contributed by atoms with Crippen molar-refractivity contribution in [2.45, 2.75) is 12.5 Å². The second kappa shape index (κ2) is 2.86. The van der Waals surface area contributed by atoms with Crippen molar-refractivity contribution >= 4 is 0 Å². The molecule has 1 heterocycles. The maximum absolute atomic E-state index is 5.56. The molecular formula is C7H11NO. The molecule has 2 nitrogen and oxygen atoms in total. The molecule has 0 aromatic heterocycles. The second-order valence-electron chi connectivity index (χ2n) is 2.32. The third kappa shape index (κ3) is 1.44. The lowest BCUT2D eigenvalue weighted by Gasteiger charge is -2.09. The number of terminal acetylenes is 1. The normalized spacial score (nSPS) is 29.6. The van der Waals surface area contributed by atoms with Gasteiger partial charge in [0.25, 0.3) is 0 Å². The van der Waals surface area contributed by atoms with Crippen molar-refractivity contribution in [3.05, 3.63) is 0 Å². The molecule has 2 N–H and O–H groups in total. The average Bonchev–Trinajstić information content (AvgIpc) is 2.37. The van der Waals surface area contributed by atoms with Crippen molar-refractivity contribution in [1.82, 2.24) is 0 Å². The fourth-order valence-corrected chi connectivity index (χ4v) is 0.972. The van der Waals surface area contributed by atoms with E-state index < -0.39 is 0 Å². The Bertz CT molecular complexity index is 121. The average molecular weight is 125 g/mol. The molecule has 0 aromatic rings. The Balaban J connectivity index is 2.34. The van der Waals surface area contributed by atoms with E-state index in [0.29, 0.717) is 5.92 Å². The summed E-state index contributed by atoms with van der Waals surface area (Å²) in [4.78, 5) is 0. The maximum atomic E-state index is 5.56. The molecular weight excluding hydrogens is 114 g/mol. The quantitative estimate of drug-likeness (QED) is 0.500. The van der Waals surface area contributed by atoms with Crippen molar-refractivity contribution in [2.24, 2.45) is 11.7 Å². The van der Waals surface area contributed by atoms with Crippen LogP contribution in [0.3, 0.4) is 0 Å². The number of nitrogens with two attached hydrogens (primary N) is 1. The summed E-state index contributed by atoms with van der Waals surface area (Å²) in [6, 6.07) is -0.104. The lowest BCUT2D eigenvalue weighted by Crippen LogP contribution is -2.28. The molecule has 0 unspecified atom stereocenters. The van der Waals surface area contributed by atoms with Gasteiger partial charge >= 0.3 is 0 Å². The van der Waals surface area contributed by atoms with Gasteiger partial charge in [-0.15, -0.1) is 6.42 Å². The molecule has 2 heteroatoms. The van der Waals surface area contributed by atoms with Gasteiger partial charge in [0.05, 0.1) is 12.6 Å². The number of hydrogen-bond donors (Lipinski definition) is 1. The number of hydrogen-bond acceptors (Lipinski definition) is 2. The van der Waals surface area contributed by atoms with Gasteiger partial charge in [-0.2, -0.15) is 0 Å². The van der Waals surface area contributed by atoms with E-state index in [1.165, 1.54) is 0 Å². The van der Waals surface area contributed by atoms with Gasteiger partial charge in [-0.1, -0.05) is 5.92 Å². The largest absolute Gasteiger partial charge is 0.381 e. The highest BCUT2D eigenvalue weighted by Gasteiger charge is 2.20. The Kier molecular flexibility index (Phi) is 2.10. The Morgan fingerprint density at radius 1 is 1.78 bits per heavy atom. The second-order valence-corrected chi connectivity index (χ2v) is 2.32. The first-order valence-corrected chi connectivity index (χ1v) is 3.14. The van der Waals surface area contributed by atoms with Crippen molar-refractivity contribution in [3.63, 3.8) is 0 Å². The Morgan fingerprint density at radius 3 is 3.00 bits per heavy atom. The smallest absolute Gasteiger partial charge is 0.0713 e. The van der Waals surface area contributed by atoms with E-state index in [1.54, 1.807) is 0 Å². The first-order valence-electron chi connectivity index (χ1n) is 3.14. The molecule has 0 amide bonds. The summed E-state index contributed by atoms with van der Waals surface area (Å²) >= 11 is 0. The minimum Gasteiger partial charge on any atom is -0.381 e. The predicted octanol–water partition coefficient (Wildman–Crippen LogP) is -0.0166. The van der Waals surface area contributed by atoms with Crippen LogP contribution in [0.1, 0.15) is 6.42 Å². The van der Waals surface area contributed by atoms with E-state index in [0.717, 1.165) is 19.6 Å². The van der Waals surface area contributed by atoms with Gasteiger partial charge in [0.2, 0.25) is 0 Å². The summed E-state index contributed by atoms with van der Waals surface area (Å²) in [5.41, 5.74) is 5.56. The molecule has 0 bridgehead atoms. The lowest BCUT2D eigenvalue weighted by atomic mass is 10.0. The summed E-state index contributed by atoms with van der Waals surface area (Å²) < 4.78 is 5.10. The minimum atomic E-state index is -0.104. The fraction of sp³-hybridized carbons (Fsp3) is 0.714. The van der Waals surface area contributed by atoms with Crippen LogP contribution < -0.4 is 5.73 Å². The van der Waals surface area contributed by atoms with Gasteiger partial charge < -0.3 is 10.5 Å². The maximum Gasteiger partial charge on any atom is 0.0713 e. The predicted molar refractivity (Wildman–Crippen MR) is 35.7 cm³/mol. The van der Waals surface area contributed by atoms with Crippen LogP contribution >= 0.6 is 0 Å². The molecule has 2 atom stereocenters. The van der Waals surface area contributed by atoms with Crippen molar-refractivity contribution in [1.29, 1.82) is 0 Å². The Hall–Kier alpha value is -0.520. The van der Waals surface area contributed by atoms with Gasteiger partial charge in [0.1, 0.15) is 0 Å². The third-order valence-corrected chi connectivity index (χ3v) is 1.67. The fourth-order valence-electron chi connectivity index (χ4n) is 0.972. The third-order valence-electron chi connectivity index (χ3n) is 1.67. The van der Waals surface area contributed by atoms with Gasteiger partial charge in [-0.05, 0) is 6.42 Å². The van der Waals surface area contributed by atoms with E-state index in [4.69, 9.17) is 16.9 Å². The number of rotatable bonds is 1. The van der Waals surface area contributed by atoms with Gasteiger partial charge in [-0.3, -0.25) is 0 Å². The van der Waals surface area contributed by atoms with E-state index in [9.17, 15) is 0 Å². The summed E-state index contributed by atoms with van der Waals surface area (Å²) in [7, 11) is 0. The molecule has 1 fully saturated rings. The molecule has 1 rings (SSSR count). The molecule has 0 saturated carbocycles. The Morgan fingerprint density at radius 2 is 2.56 bits per heavy atom. The first kappa shape index (κ1) is 6.60. The van der Waals surface area contributed by atoms with Crippen LogP contribution in [-0.4, -0.2) is 19.3 Å². The molecule has 1 aliphatic heterocycles. The molecule has 0 aromatic carbocycles. The molecule has 0 aliphatic carbocycles. The number of ether oxygens (including phenoxy) is 1. The SMILES string of the molecule is C#C[C@H](N)[C@@H]1CCOC1. The topological polar surface area (TPSA) is 35.2 Å². The molecule has 50 valence electrons. The van der Waals surface area contributed by atoms with Gasteiger partial charge in [0.15, 0.2) is 0 Å². The van der Waals surface area contributed by atoms with Crippen LogP contribution in [0, 0.1) is 18.3 Å². The van der Waals surface area contributed by atoms with Crippen LogP contribution in [-0.2, 0) is 4.74 Å². The molecule has 1 saturated heterocycles. The van der Waals surface area contributed by atoms with E-state index in [-0.39, 0.29) is 6.04 Å². The highest BCUT2D eigenvalue weighted by Crippen LogP contribution is 2.14.